The zero-order chi connectivity index (χ0) is 19.1. The monoisotopic (exact) mass is 363 g/mol. The number of hydrogen-bond donors (Lipinski definition) is 0. The first-order valence-electron chi connectivity index (χ1n) is 9.42. The van der Waals surface area contributed by atoms with Gasteiger partial charge in [0.15, 0.2) is 5.82 Å². The Morgan fingerprint density at radius 1 is 1.04 bits per heavy atom. The Morgan fingerprint density at radius 3 is 2.41 bits per heavy atom. The van der Waals surface area contributed by atoms with Crippen LogP contribution in [-0.4, -0.2) is 27.2 Å². The minimum Gasteiger partial charge on any atom is -0.353 e. The molecule has 1 fully saturated rings. The highest BCUT2D eigenvalue weighted by molar-refractivity contribution is 5.55. The van der Waals surface area contributed by atoms with Gasteiger partial charge < -0.3 is 9.42 Å². The quantitative estimate of drug-likeness (QED) is 0.663. The van der Waals surface area contributed by atoms with Crippen LogP contribution in [0.25, 0.3) is 11.5 Å². The van der Waals surface area contributed by atoms with E-state index in [1.807, 2.05) is 26.0 Å². The first-order chi connectivity index (χ1) is 12.9. The first-order valence-corrected chi connectivity index (χ1v) is 9.42. The molecular weight excluding hydrogens is 338 g/mol. The summed E-state index contributed by atoms with van der Waals surface area (Å²) in [6.45, 7) is 8.22. The average Bonchev–Trinajstić information content (AvgIpc) is 3.40. The van der Waals surface area contributed by atoms with Crippen LogP contribution in [0.1, 0.15) is 60.2 Å². The molecule has 0 radical (unpaired) electrons. The third-order valence-corrected chi connectivity index (χ3v) is 5.41. The molecule has 3 aromatic rings. The summed E-state index contributed by atoms with van der Waals surface area (Å²) in [6, 6.07) is 8.51. The summed E-state index contributed by atoms with van der Waals surface area (Å²) in [5.74, 6) is 3.71. The molecule has 0 aliphatic heterocycles. The van der Waals surface area contributed by atoms with Crippen molar-refractivity contribution in [2.75, 3.05) is 11.9 Å². The van der Waals surface area contributed by atoms with Gasteiger partial charge in [0.1, 0.15) is 11.6 Å². The van der Waals surface area contributed by atoms with Crippen molar-refractivity contribution in [3.8, 4) is 11.5 Å². The molecule has 1 atom stereocenters. The fourth-order valence-corrected chi connectivity index (χ4v) is 3.26. The van der Waals surface area contributed by atoms with Gasteiger partial charge in [-0.05, 0) is 58.2 Å². The van der Waals surface area contributed by atoms with E-state index < -0.39 is 0 Å². The van der Waals surface area contributed by atoms with Gasteiger partial charge in [-0.3, -0.25) is 0 Å². The predicted molar refractivity (Wildman–Crippen MR) is 105 cm³/mol. The molecule has 6 nitrogen and oxygen atoms in total. The molecule has 0 spiro atoms. The number of aromatic nitrogens is 4. The van der Waals surface area contributed by atoms with Crippen LogP contribution in [0.2, 0.25) is 0 Å². The Balaban J connectivity index is 1.55. The maximum absolute atomic E-state index is 5.42. The van der Waals surface area contributed by atoms with Crippen LogP contribution in [0, 0.1) is 20.8 Å². The summed E-state index contributed by atoms with van der Waals surface area (Å²) >= 11 is 0. The third kappa shape index (κ3) is 3.44. The van der Waals surface area contributed by atoms with Gasteiger partial charge in [0.25, 0.3) is 5.89 Å². The normalized spacial score (nSPS) is 15.0. The molecule has 0 saturated heterocycles. The number of rotatable bonds is 5. The van der Waals surface area contributed by atoms with Crippen LogP contribution in [0.15, 0.2) is 28.8 Å². The van der Waals surface area contributed by atoms with Crippen LogP contribution in [0.5, 0.6) is 0 Å². The largest absolute Gasteiger partial charge is 0.353 e. The zero-order valence-electron chi connectivity index (χ0n) is 16.5. The lowest BCUT2D eigenvalue weighted by Crippen LogP contribution is -2.24. The fourth-order valence-electron chi connectivity index (χ4n) is 3.26. The lowest BCUT2D eigenvalue weighted by Gasteiger charge is -2.28. The van der Waals surface area contributed by atoms with Crippen molar-refractivity contribution >= 4 is 5.82 Å². The van der Waals surface area contributed by atoms with Gasteiger partial charge in [-0.25, -0.2) is 9.97 Å². The summed E-state index contributed by atoms with van der Waals surface area (Å²) in [5.41, 5.74) is 4.30. The SMILES string of the molecule is Cc1nc(C)c(C)c(N(C)C(C)c2ccc(-c3nc(C4CC4)no3)cc2)n1. The van der Waals surface area contributed by atoms with E-state index in [1.165, 1.54) is 18.4 Å². The Morgan fingerprint density at radius 2 is 1.74 bits per heavy atom. The second-order valence-corrected chi connectivity index (χ2v) is 7.45. The van der Waals surface area contributed by atoms with Crippen molar-refractivity contribution in [1.29, 1.82) is 0 Å². The van der Waals surface area contributed by atoms with Crippen LogP contribution >= 0.6 is 0 Å². The summed E-state index contributed by atoms with van der Waals surface area (Å²) in [4.78, 5) is 15.8. The van der Waals surface area contributed by atoms with Gasteiger partial charge in [-0.1, -0.05) is 17.3 Å². The van der Waals surface area contributed by atoms with Crippen LogP contribution in [0.4, 0.5) is 5.82 Å². The lowest BCUT2D eigenvalue weighted by atomic mass is 10.0. The van der Waals surface area contributed by atoms with E-state index in [1.54, 1.807) is 0 Å². The molecule has 140 valence electrons. The van der Waals surface area contributed by atoms with Crippen LogP contribution in [-0.2, 0) is 0 Å². The summed E-state index contributed by atoms with van der Waals surface area (Å²) in [7, 11) is 2.08. The summed E-state index contributed by atoms with van der Waals surface area (Å²) in [5, 5.41) is 4.10. The Hall–Kier alpha value is -2.76. The molecule has 2 aromatic heterocycles. The summed E-state index contributed by atoms with van der Waals surface area (Å²) in [6.07, 6.45) is 2.34. The molecule has 0 bridgehead atoms. The van der Waals surface area contributed by atoms with Crippen molar-refractivity contribution in [2.45, 2.75) is 52.5 Å². The molecule has 1 saturated carbocycles. The smallest absolute Gasteiger partial charge is 0.257 e. The van der Waals surface area contributed by atoms with Crippen molar-refractivity contribution in [2.24, 2.45) is 0 Å². The minimum atomic E-state index is 0.177. The maximum Gasteiger partial charge on any atom is 0.257 e. The molecular formula is C21H25N5O. The average molecular weight is 363 g/mol. The van der Waals surface area contributed by atoms with Crippen molar-refractivity contribution in [3.63, 3.8) is 0 Å². The van der Waals surface area contributed by atoms with Crippen LogP contribution < -0.4 is 4.90 Å². The lowest BCUT2D eigenvalue weighted by molar-refractivity contribution is 0.422. The Bertz CT molecular complexity index is 959. The highest BCUT2D eigenvalue weighted by Gasteiger charge is 2.29. The highest BCUT2D eigenvalue weighted by Crippen LogP contribution is 2.39. The van der Waals surface area contributed by atoms with E-state index in [-0.39, 0.29) is 6.04 Å². The number of hydrogen-bond acceptors (Lipinski definition) is 6. The molecule has 0 amide bonds. The second kappa shape index (κ2) is 6.76. The topological polar surface area (TPSA) is 67.9 Å². The standard InChI is InChI=1S/C21H25N5O/c1-12-13(2)22-15(4)23-20(12)26(5)14(3)16-6-10-18(11-7-16)21-24-19(25-27-21)17-8-9-17/h6-7,10-11,14,17H,8-9H2,1-5H3. The third-order valence-electron chi connectivity index (χ3n) is 5.41. The van der Waals surface area contributed by atoms with Crippen molar-refractivity contribution in [3.05, 3.63) is 52.7 Å². The number of benzene rings is 1. The minimum absolute atomic E-state index is 0.177. The molecule has 1 aliphatic rings. The van der Waals surface area contributed by atoms with Crippen molar-refractivity contribution in [1.82, 2.24) is 20.1 Å². The second-order valence-electron chi connectivity index (χ2n) is 7.45. The van der Waals surface area contributed by atoms with Gasteiger partial charge in [0, 0.05) is 29.8 Å². The van der Waals surface area contributed by atoms with Gasteiger partial charge in [0.05, 0.1) is 6.04 Å². The first kappa shape index (κ1) is 17.6. The van der Waals surface area contributed by atoms with E-state index in [0.717, 1.165) is 34.3 Å². The molecule has 4 rings (SSSR count). The Kier molecular flexibility index (Phi) is 4.42. The highest BCUT2D eigenvalue weighted by atomic mass is 16.5. The van der Waals surface area contributed by atoms with Gasteiger partial charge in [-0.2, -0.15) is 4.98 Å². The fraction of sp³-hybridized carbons (Fsp3) is 0.429. The predicted octanol–water partition coefficient (Wildman–Crippen LogP) is 4.53. The number of aryl methyl sites for hydroxylation is 2. The van der Waals surface area contributed by atoms with E-state index in [2.05, 4.69) is 58.0 Å². The summed E-state index contributed by atoms with van der Waals surface area (Å²) < 4.78 is 5.42. The number of nitrogens with zero attached hydrogens (tertiary/aromatic N) is 5. The molecule has 2 heterocycles. The van der Waals surface area contributed by atoms with Crippen molar-refractivity contribution < 1.29 is 4.52 Å². The molecule has 1 aliphatic carbocycles. The van der Waals surface area contributed by atoms with Gasteiger partial charge in [-0.15, -0.1) is 0 Å². The maximum atomic E-state index is 5.42. The van der Waals surface area contributed by atoms with E-state index in [0.29, 0.717) is 11.8 Å². The van der Waals surface area contributed by atoms with E-state index >= 15 is 0 Å². The zero-order valence-corrected chi connectivity index (χ0v) is 16.5. The van der Waals surface area contributed by atoms with Gasteiger partial charge in [0.2, 0.25) is 0 Å². The molecule has 0 N–H and O–H groups in total. The number of anilines is 1. The van der Waals surface area contributed by atoms with E-state index in [4.69, 9.17) is 4.52 Å². The molecule has 27 heavy (non-hydrogen) atoms. The van der Waals surface area contributed by atoms with Crippen LogP contribution in [0.3, 0.4) is 0 Å². The molecule has 1 unspecified atom stereocenters. The molecule has 1 aromatic carbocycles. The van der Waals surface area contributed by atoms with Gasteiger partial charge >= 0.3 is 0 Å². The Labute approximate surface area is 159 Å². The molecule has 6 heteroatoms. The van der Waals surface area contributed by atoms with E-state index in [9.17, 15) is 0 Å².